The van der Waals surface area contributed by atoms with Gasteiger partial charge in [0.05, 0.1) is 11.9 Å². The number of ether oxygens (including phenoxy) is 1. The number of aromatic amines is 1. The summed E-state index contributed by atoms with van der Waals surface area (Å²) in [4.78, 5) is 20.8. The quantitative estimate of drug-likeness (QED) is 0.620. The van der Waals surface area contributed by atoms with Crippen LogP contribution in [0.4, 0.5) is 5.69 Å². The predicted molar refractivity (Wildman–Crippen MR) is 101 cm³/mol. The molecule has 0 radical (unpaired) electrons. The third kappa shape index (κ3) is 4.60. The maximum absolute atomic E-state index is 12.4. The van der Waals surface area contributed by atoms with Crippen LogP contribution in [0.25, 0.3) is 11.4 Å². The van der Waals surface area contributed by atoms with E-state index in [1.54, 1.807) is 12.4 Å². The molecule has 0 saturated heterocycles. The standard InChI is InChI=1S/C18H19N5O2S/c1-3-25-15-6-4-14(5-7-15)20-17(24)12(2)26-18-21-16(22-23-18)13-8-10-19-11-9-13/h4-12H,3H2,1-2H3,(H,20,24)(H,21,22,23)/t12-/m1/s1. The number of benzene rings is 1. The van der Waals surface area contributed by atoms with Crippen LogP contribution in [0.3, 0.4) is 0 Å². The number of amides is 1. The van der Waals surface area contributed by atoms with E-state index in [0.717, 1.165) is 17.0 Å². The number of anilines is 1. The fourth-order valence-electron chi connectivity index (χ4n) is 2.19. The van der Waals surface area contributed by atoms with E-state index >= 15 is 0 Å². The van der Waals surface area contributed by atoms with E-state index in [1.165, 1.54) is 11.8 Å². The van der Waals surface area contributed by atoms with Crippen LogP contribution in [0.5, 0.6) is 5.75 Å². The van der Waals surface area contributed by atoms with Crippen LogP contribution in [0.15, 0.2) is 53.9 Å². The molecule has 2 N–H and O–H groups in total. The van der Waals surface area contributed by atoms with Crippen molar-refractivity contribution in [3.63, 3.8) is 0 Å². The van der Waals surface area contributed by atoms with E-state index in [9.17, 15) is 4.79 Å². The second-order valence-electron chi connectivity index (χ2n) is 5.41. The largest absolute Gasteiger partial charge is 0.494 e. The van der Waals surface area contributed by atoms with E-state index in [-0.39, 0.29) is 11.2 Å². The number of aromatic nitrogens is 4. The first-order valence-electron chi connectivity index (χ1n) is 8.19. The summed E-state index contributed by atoms with van der Waals surface area (Å²) >= 11 is 1.29. The molecule has 0 spiro atoms. The number of pyridine rings is 1. The Bertz CT molecular complexity index is 852. The minimum atomic E-state index is -0.345. The van der Waals surface area contributed by atoms with E-state index in [1.807, 2.05) is 50.2 Å². The van der Waals surface area contributed by atoms with Crippen LogP contribution in [0.2, 0.25) is 0 Å². The Balaban J connectivity index is 1.58. The van der Waals surface area contributed by atoms with Crippen molar-refractivity contribution in [1.82, 2.24) is 20.2 Å². The smallest absolute Gasteiger partial charge is 0.237 e. The number of rotatable bonds is 7. The topological polar surface area (TPSA) is 92.8 Å². The highest BCUT2D eigenvalue weighted by molar-refractivity contribution is 8.00. The minimum absolute atomic E-state index is 0.116. The van der Waals surface area contributed by atoms with Crippen molar-refractivity contribution in [1.29, 1.82) is 0 Å². The first-order chi connectivity index (χ1) is 12.7. The van der Waals surface area contributed by atoms with Gasteiger partial charge in [-0.05, 0) is 50.2 Å². The lowest BCUT2D eigenvalue weighted by molar-refractivity contribution is -0.115. The van der Waals surface area contributed by atoms with Gasteiger partial charge in [0.1, 0.15) is 5.75 Å². The van der Waals surface area contributed by atoms with Crippen LogP contribution in [0, 0.1) is 0 Å². The summed E-state index contributed by atoms with van der Waals surface area (Å²) in [6, 6.07) is 11.0. The number of carbonyl (C=O) groups excluding carboxylic acids is 1. The zero-order valence-electron chi connectivity index (χ0n) is 14.5. The first-order valence-corrected chi connectivity index (χ1v) is 9.07. The molecule has 26 heavy (non-hydrogen) atoms. The Morgan fingerprint density at radius 2 is 1.96 bits per heavy atom. The monoisotopic (exact) mass is 369 g/mol. The molecule has 0 fully saturated rings. The average Bonchev–Trinajstić information content (AvgIpc) is 3.13. The van der Waals surface area contributed by atoms with Crippen LogP contribution < -0.4 is 10.1 Å². The molecule has 0 unspecified atom stereocenters. The van der Waals surface area contributed by atoms with Gasteiger partial charge in [-0.3, -0.25) is 14.9 Å². The van der Waals surface area contributed by atoms with E-state index in [2.05, 4.69) is 25.5 Å². The van der Waals surface area contributed by atoms with Gasteiger partial charge in [-0.15, -0.1) is 5.10 Å². The van der Waals surface area contributed by atoms with Crippen molar-refractivity contribution < 1.29 is 9.53 Å². The van der Waals surface area contributed by atoms with Gasteiger partial charge >= 0.3 is 0 Å². The molecular weight excluding hydrogens is 350 g/mol. The molecule has 0 aliphatic rings. The molecule has 1 amide bonds. The molecular formula is C18H19N5O2S. The predicted octanol–water partition coefficient (Wildman–Crippen LogP) is 3.38. The Labute approximate surface area is 155 Å². The number of thioether (sulfide) groups is 1. The van der Waals surface area contributed by atoms with Crippen LogP contribution >= 0.6 is 11.8 Å². The Morgan fingerprint density at radius 1 is 1.23 bits per heavy atom. The number of H-pyrrole nitrogens is 1. The SMILES string of the molecule is CCOc1ccc(NC(=O)[C@@H](C)Sc2n[nH]c(-c3ccncc3)n2)cc1. The number of hydrogen-bond acceptors (Lipinski definition) is 6. The zero-order chi connectivity index (χ0) is 18.4. The average molecular weight is 369 g/mol. The molecule has 134 valence electrons. The molecule has 0 saturated carbocycles. The molecule has 0 bridgehead atoms. The van der Waals surface area contributed by atoms with E-state index < -0.39 is 0 Å². The molecule has 0 aliphatic carbocycles. The van der Waals surface area contributed by atoms with Gasteiger partial charge in [-0.2, -0.15) is 0 Å². The van der Waals surface area contributed by atoms with E-state index in [0.29, 0.717) is 17.6 Å². The van der Waals surface area contributed by atoms with Gasteiger partial charge in [0, 0.05) is 23.6 Å². The maximum Gasteiger partial charge on any atom is 0.237 e. The van der Waals surface area contributed by atoms with Crippen molar-refractivity contribution in [2.75, 3.05) is 11.9 Å². The molecule has 8 heteroatoms. The third-order valence-corrected chi connectivity index (χ3v) is 4.46. The fraction of sp³-hybridized carbons (Fsp3) is 0.222. The summed E-state index contributed by atoms with van der Waals surface area (Å²) in [5.41, 5.74) is 1.62. The summed E-state index contributed by atoms with van der Waals surface area (Å²) in [6.45, 7) is 4.35. The highest BCUT2D eigenvalue weighted by atomic mass is 32.2. The van der Waals surface area contributed by atoms with Crippen molar-refractivity contribution in [3.05, 3.63) is 48.8 Å². The molecule has 1 aromatic carbocycles. The van der Waals surface area contributed by atoms with Crippen LogP contribution in [-0.2, 0) is 4.79 Å². The summed E-state index contributed by atoms with van der Waals surface area (Å²) < 4.78 is 5.39. The molecule has 3 aromatic rings. The molecule has 2 aromatic heterocycles. The van der Waals surface area contributed by atoms with Crippen LogP contribution in [0.1, 0.15) is 13.8 Å². The maximum atomic E-state index is 12.4. The molecule has 2 heterocycles. The van der Waals surface area contributed by atoms with Gasteiger partial charge < -0.3 is 10.1 Å². The van der Waals surface area contributed by atoms with Crippen LogP contribution in [-0.4, -0.2) is 37.9 Å². The third-order valence-electron chi connectivity index (χ3n) is 3.50. The van der Waals surface area contributed by atoms with Crippen molar-refractivity contribution in [2.45, 2.75) is 24.3 Å². The number of carbonyl (C=O) groups is 1. The summed E-state index contributed by atoms with van der Waals surface area (Å²) in [6.07, 6.45) is 3.38. The first kappa shape index (κ1) is 17.9. The summed E-state index contributed by atoms with van der Waals surface area (Å²) in [7, 11) is 0. The second-order valence-corrected chi connectivity index (χ2v) is 6.72. The lowest BCUT2D eigenvalue weighted by Crippen LogP contribution is -2.22. The number of nitrogens with one attached hydrogen (secondary N) is 2. The Hall–Kier alpha value is -2.87. The van der Waals surface area contributed by atoms with Gasteiger partial charge in [0.2, 0.25) is 11.1 Å². The summed E-state index contributed by atoms with van der Waals surface area (Å²) in [5, 5.41) is 10.1. The Kier molecular flexibility index (Phi) is 5.85. The van der Waals surface area contributed by atoms with Crippen molar-refractivity contribution in [3.8, 4) is 17.1 Å². The summed E-state index contributed by atoms with van der Waals surface area (Å²) in [5.74, 6) is 1.31. The lowest BCUT2D eigenvalue weighted by Gasteiger charge is -2.10. The zero-order valence-corrected chi connectivity index (χ0v) is 15.3. The Morgan fingerprint density at radius 3 is 2.65 bits per heavy atom. The van der Waals surface area contributed by atoms with Gasteiger partial charge in [0.25, 0.3) is 0 Å². The second kappa shape index (κ2) is 8.48. The van der Waals surface area contributed by atoms with Crippen molar-refractivity contribution >= 4 is 23.4 Å². The normalized spacial score (nSPS) is 11.8. The molecule has 0 aliphatic heterocycles. The molecule has 7 nitrogen and oxygen atoms in total. The van der Waals surface area contributed by atoms with Gasteiger partial charge in [0.15, 0.2) is 5.82 Å². The lowest BCUT2D eigenvalue weighted by atomic mass is 10.3. The van der Waals surface area contributed by atoms with Crippen molar-refractivity contribution in [2.24, 2.45) is 0 Å². The van der Waals surface area contributed by atoms with E-state index in [4.69, 9.17) is 4.74 Å². The highest BCUT2D eigenvalue weighted by Gasteiger charge is 2.17. The molecule has 1 atom stereocenters. The minimum Gasteiger partial charge on any atom is -0.494 e. The molecule has 3 rings (SSSR count). The number of hydrogen-bond donors (Lipinski definition) is 2. The fourth-order valence-corrected chi connectivity index (χ4v) is 2.92. The highest BCUT2D eigenvalue weighted by Crippen LogP contribution is 2.24. The van der Waals surface area contributed by atoms with Gasteiger partial charge in [-0.1, -0.05) is 11.8 Å². The number of nitrogens with zero attached hydrogens (tertiary/aromatic N) is 3. The van der Waals surface area contributed by atoms with Gasteiger partial charge in [-0.25, -0.2) is 4.98 Å².